The summed E-state index contributed by atoms with van der Waals surface area (Å²) in [6, 6.07) is 5.62. The van der Waals surface area contributed by atoms with Crippen LogP contribution in [0.2, 0.25) is 0 Å². The summed E-state index contributed by atoms with van der Waals surface area (Å²) in [5.74, 6) is 0. The highest BCUT2D eigenvalue weighted by atomic mass is 16.6. The Morgan fingerprint density at radius 2 is 1.78 bits per heavy atom. The first-order chi connectivity index (χ1) is 8.39. The Hall–Kier alpha value is -2.02. The predicted octanol–water partition coefficient (Wildman–Crippen LogP) is 1.51. The van der Waals surface area contributed by atoms with Crippen molar-refractivity contribution in [1.29, 1.82) is 0 Å². The molecule has 0 radical (unpaired) electrons. The minimum Gasteiger partial charge on any atom is -0.396 e. The summed E-state index contributed by atoms with van der Waals surface area (Å²) < 4.78 is 0. The van der Waals surface area contributed by atoms with Crippen molar-refractivity contribution in [2.24, 2.45) is 0 Å². The topological polar surface area (TPSA) is 107 Å². The predicted molar refractivity (Wildman–Crippen MR) is 64.0 cm³/mol. The average molecular weight is 254 g/mol. The SMILES string of the molecule is C[C@@](CCO)(C[N+](=O)[O-])c1ccc([N+](=O)[O-])cc1. The number of aliphatic hydroxyl groups excluding tert-OH is 1. The number of hydrogen-bond donors (Lipinski definition) is 1. The van der Waals surface area contributed by atoms with Crippen LogP contribution in [-0.2, 0) is 5.41 Å². The summed E-state index contributed by atoms with van der Waals surface area (Å²) >= 11 is 0. The summed E-state index contributed by atoms with van der Waals surface area (Å²) in [5, 5.41) is 30.2. The van der Waals surface area contributed by atoms with Gasteiger partial charge in [0.25, 0.3) is 5.69 Å². The second-order valence-corrected chi connectivity index (χ2v) is 4.33. The first-order valence-corrected chi connectivity index (χ1v) is 5.36. The summed E-state index contributed by atoms with van der Waals surface area (Å²) in [6.45, 7) is 1.15. The first-order valence-electron chi connectivity index (χ1n) is 5.36. The second-order valence-electron chi connectivity index (χ2n) is 4.33. The van der Waals surface area contributed by atoms with E-state index in [0.717, 1.165) is 0 Å². The van der Waals surface area contributed by atoms with Crippen molar-refractivity contribution in [3.05, 3.63) is 50.1 Å². The Balaban J connectivity index is 3.05. The maximum atomic E-state index is 10.7. The van der Waals surface area contributed by atoms with E-state index in [1.54, 1.807) is 6.92 Å². The highest BCUT2D eigenvalue weighted by molar-refractivity contribution is 5.36. The van der Waals surface area contributed by atoms with Crippen LogP contribution < -0.4 is 0 Å². The van der Waals surface area contributed by atoms with Gasteiger partial charge in [0.05, 0.1) is 10.3 Å². The third kappa shape index (κ3) is 3.24. The van der Waals surface area contributed by atoms with E-state index in [2.05, 4.69) is 0 Å². The molecule has 7 nitrogen and oxygen atoms in total. The molecule has 1 N–H and O–H groups in total. The van der Waals surface area contributed by atoms with E-state index in [1.165, 1.54) is 24.3 Å². The van der Waals surface area contributed by atoms with Crippen LogP contribution in [0.5, 0.6) is 0 Å². The lowest BCUT2D eigenvalue weighted by molar-refractivity contribution is -0.490. The molecule has 0 spiro atoms. The fourth-order valence-corrected chi connectivity index (χ4v) is 1.83. The molecule has 0 fully saturated rings. The fourth-order valence-electron chi connectivity index (χ4n) is 1.83. The van der Waals surface area contributed by atoms with Crippen LogP contribution in [0.15, 0.2) is 24.3 Å². The molecule has 1 aromatic carbocycles. The number of benzene rings is 1. The number of nitro benzene ring substituents is 1. The standard InChI is InChI=1S/C11H14N2O5/c1-11(6-7-14,8-12(15)16)9-2-4-10(5-3-9)13(17)18/h2-5,14H,6-8H2,1H3/t11-/m1/s1. The minimum atomic E-state index is -0.826. The molecule has 98 valence electrons. The van der Waals surface area contributed by atoms with Gasteiger partial charge in [0, 0.05) is 23.7 Å². The number of nitro groups is 2. The fraction of sp³-hybridized carbons (Fsp3) is 0.455. The average Bonchev–Trinajstić information content (AvgIpc) is 2.28. The van der Waals surface area contributed by atoms with Gasteiger partial charge in [0.2, 0.25) is 6.54 Å². The van der Waals surface area contributed by atoms with Crippen LogP contribution >= 0.6 is 0 Å². The summed E-state index contributed by atoms with van der Waals surface area (Å²) in [7, 11) is 0. The lowest BCUT2D eigenvalue weighted by Gasteiger charge is -2.24. The van der Waals surface area contributed by atoms with Crippen molar-refractivity contribution in [2.45, 2.75) is 18.8 Å². The summed E-state index contributed by atoms with van der Waals surface area (Å²) in [5.41, 5.74) is -0.280. The smallest absolute Gasteiger partial charge is 0.269 e. The van der Waals surface area contributed by atoms with Crippen molar-refractivity contribution in [2.75, 3.05) is 13.2 Å². The molecule has 1 rings (SSSR count). The molecular weight excluding hydrogens is 240 g/mol. The molecule has 1 atom stereocenters. The monoisotopic (exact) mass is 254 g/mol. The molecule has 0 heterocycles. The van der Waals surface area contributed by atoms with Gasteiger partial charge in [-0.15, -0.1) is 0 Å². The summed E-state index contributed by atoms with van der Waals surface area (Å²) in [4.78, 5) is 20.2. The number of rotatable bonds is 6. The van der Waals surface area contributed by atoms with E-state index in [1.807, 2.05) is 0 Å². The van der Waals surface area contributed by atoms with Gasteiger partial charge in [-0.25, -0.2) is 0 Å². The van der Waals surface area contributed by atoms with E-state index in [0.29, 0.717) is 5.56 Å². The van der Waals surface area contributed by atoms with Crippen LogP contribution in [0, 0.1) is 20.2 Å². The van der Waals surface area contributed by atoms with Crippen LogP contribution in [0.4, 0.5) is 5.69 Å². The third-order valence-electron chi connectivity index (χ3n) is 2.92. The van der Waals surface area contributed by atoms with E-state index in [9.17, 15) is 20.2 Å². The third-order valence-corrected chi connectivity index (χ3v) is 2.92. The van der Waals surface area contributed by atoms with Crippen molar-refractivity contribution in [1.82, 2.24) is 0 Å². The maximum Gasteiger partial charge on any atom is 0.269 e. The van der Waals surface area contributed by atoms with Gasteiger partial charge in [-0.2, -0.15) is 0 Å². The number of nitrogens with zero attached hydrogens (tertiary/aromatic N) is 2. The van der Waals surface area contributed by atoms with Crippen LogP contribution in [0.1, 0.15) is 18.9 Å². The zero-order valence-electron chi connectivity index (χ0n) is 9.91. The van der Waals surface area contributed by atoms with Crippen molar-refractivity contribution < 1.29 is 15.0 Å². The van der Waals surface area contributed by atoms with Crippen LogP contribution in [0.25, 0.3) is 0 Å². The van der Waals surface area contributed by atoms with Crippen LogP contribution in [-0.4, -0.2) is 28.1 Å². The molecule has 0 saturated heterocycles. The molecule has 0 bridgehead atoms. The molecule has 0 aliphatic heterocycles. The molecule has 0 amide bonds. The Morgan fingerprint density at radius 3 is 2.17 bits per heavy atom. The Labute approximate surface area is 103 Å². The Morgan fingerprint density at radius 1 is 1.22 bits per heavy atom. The quantitative estimate of drug-likeness (QED) is 0.611. The molecule has 7 heteroatoms. The van der Waals surface area contributed by atoms with E-state index >= 15 is 0 Å². The molecule has 1 aromatic rings. The Kier molecular flexibility index (Phi) is 4.33. The van der Waals surface area contributed by atoms with E-state index < -0.39 is 15.3 Å². The molecular formula is C11H14N2O5. The second kappa shape index (κ2) is 5.54. The van der Waals surface area contributed by atoms with Crippen molar-refractivity contribution >= 4 is 5.69 Å². The van der Waals surface area contributed by atoms with Gasteiger partial charge in [-0.3, -0.25) is 20.2 Å². The van der Waals surface area contributed by atoms with Crippen molar-refractivity contribution in [3.8, 4) is 0 Å². The van der Waals surface area contributed by atoms with Gasteiger partial charge >= 0.3 is 0 Å². The van der Waals surface area contributed by atoms with E-state index in [4.69, 9.17) is 5.11 Å². The molecule has 18 heavy (non-hydrogen) atoms. The molecule has 0 aromatic heterocycles. The number of aliphatic hydroxyl groups is 1. The number of hydrogen-bond acceptors (Lipinski definition) is 5. The lowest BCUT2D eigenvalue weighted by Crippen LogP contribution is -2.32. The highest BCUT2D eigenvalue weighted by Crippen LogP contribution is 2.29. The lowest BCUT2D eigenvalue weighted by atomic mass is 9.79. The first kappa shape index (κ1) is 14.0. The molecule has 0 saturated carbocycles. The van der Waals surface area contributed by atoms with Gasteiger partial charge < -0.3 is 5.11 Å². The van der Waals surface area contributed by atoms with Gasteiger partial charge in [-0.1, -0.05) is 12.1 Å². The summed E-state index contributed by atoms with van der Waals surface area (Å²) in [6.07, 6.45) is 0.228. The van der Waals surface area contributed by atoms with Gasteiger partial charge in [-0.05, 0) is 18.9 Å². The van der Waals surface area contributed by atoms with Crippen molar-refractivity contribution in [3.63, 3.8) is 0 Å². The van der Waals surface area contributed by atoms with Gasteiger partial charge in [0.15, 0.2) is 0 Å². The molecule has 0 aliphatic carbocycles. The molecule has 0 aliphatic rings. The Bertz CT molecular complexity index is 445. The zero-order chi connectivity index (χ0) is 13.8. The van der Waals surface area contributed by atoms with E-state index in [-0.39, 0.29) is 25.3 Å². The maximum absolute atomic E-state index is 10.7. The van der Waals surface area contributed by atoms with Gasteiger partial charge in [0.1, 0.15) is 0 Å². The zero-order valence-corrected chi connectivity index (χ0v) is 9.91. The number of non-ortho nitro benzene ring substituents is 1. The normalized spacial score (nSPS) is 13.9. The van der Waals surface area contributed by atoms with Crippen LogP contribution in [0.3, 0.4) is 0 Å². The molecule has 0 unspecified atom stereocenters. The largest absolute Gasteiger partial charge is 0.396 e. The highest BCUT2D eigenvalue weighted by Gasteiger charge is 2.32. The minimum absolute atomic E-state index is 0.0637.